The number of aliphatic imine (C=N–C) groups is 1. The number of guanidine groups is 1. The molecular formula is C18H28N4O. The van der Waals surface area contributed by atoms with Gasteiger partial charge in [0.2, 0.25) is 5.88 Å². The van der Waals surface area contributed by atoms with Gasteiger partial charge in [-0.1, -0.05) is 13.0 Å². The number of ether oxygens (including phenoxy) is 1. The van der Waals surface area contributed by atoms with E-state index in [9.17, 15) is 0 Å². The Hall–Kier alpha value is -1.78. The molecular weight excluding hydrogens is 288 g/mol. The summed E-state index contributed by atoms with van der Waals surface area (Å²) in [5.74, 6) is 3.31. The zero-order valence-electron chi connectivity index (χ0n) is 14.3. The second-order valence-electron chi connectivity index (χ2n) is 6.83. The van der Waals surface area contributed by atoms with Gasteiger partial charge in [-0.05, 0) is 43.1 Å². The lowest BCUT2D eigenvalue weighted by Crippen LogP contribution is -2.45. The van der Waals surface area contributed by atoms with Gasteiger partial charge in [0.25, 0.3) is 0 Å². The summed E-state index contributed by atoms with van der Waals surface area (Å²) in [6.45, 7) is 6.06. The van der Waals surface area contributed by atoms with E-state index in [0.29, 0.717) is 0 Å². The zero-order valence-corrected chi connectivity index (χ0v) is 14.3. The molecule has 1 saturated heterocycles. The van der Waals surface area contributed by atoms with E-state index in [0.717, 1.165) is 55.5 Å². The van der Waals surface area contributed by atoms with Crippen molar-refractivity contribution in [3.05, 3.63) is 23.9 Å². The monoisotopic (exact) mass is 316 g/mol. The summed E-state index contributed by atoms with van der Waals surface area (Å²) in [6, 6.07) is 4.04. The minimum Gasteiger partial charge on any atom is -0.477 e. The van der Waals surface area contributed by atoms with Gasteiger partial charge >= 0.3 is 0 Å². The molecule has 2 aliphatic rings. The molecule has 2 heterocycles. The quantitative estimate of drug-likeness (QED) is 0.670. The Morgan fingerprint density at radius 1 is 1.30 bits per heavy atom. The number of likely N-dealkylation sites (tertiary alicyclic amines) is 1. The number of nitrogens with one attached hydrogen (secondary N) is 1. The molecule has 1 aliphatic carbocycles. The fourth-order valence-electron chi connectivity index (χ4n) is 2.82. The minimum atomic E-state index is 0.732. The van der Waals surface area contributed by atoms with Gasteiger partial charge in [-0.2, -0.15) is 0 Å². The van der Waals surface area contributed by atoms with Gasteiger partial charge in [-0.3, -0.25) is 4.99 Å². The van der Waals surface area contributed by atoms with Crippen LogP contribution >= 0.6 is 0 Å². The van der Waals surface area contributed by atoms with E-state index >= 15 is 0 Å². The van der Waals surface area contributed by atoms with Crippen molar-refractivity contribution in [2.24, 2.45) is 16.8 Å². The van der Waals surface area contributed by atoms with Crippen LogP contribution in [0, 0.1) is 11.8 Å². The number of nitrogens with zero attached hydrogens (tertiary/aromatic N) is 3. The number of rotatable bonds is 5. The average Bonchev–Trinajstić information content (AvgIpc) is 3.40. The molecule has 1 aromatic rings. The first-order valence-corrected chi connectivity index (χ1v) is 8.78. The largest absolute Gasteiger partial charge is 0.477 e. The highest BCUT2D eigenvalue weighted by molar-refractivity contribution is 5.79. The van der Waals surface area contributed by atoms with Gasteiger partial charge in [0.05, 0.1) is 6.61 Å². The number of hydrogen-bond donors (Lipinski definition) is 1. The molecule has 0 unspecified atom stereocenters. The van der Waals surface area contributed by atoms with Crippen LogP contribution in [0.3, 0.4) is 0 Å². The third-order valence-corrected chi connectivity index (χ3v) is 4.71. The Morgan fingerprint density at radius 3 is 2.70 bits per heavy atom. The van der Waals surface area contributed by atoms with Gasteiger partial charge in [-0.25, -0.2) is 4.98 Å². The summed E-state index contributed by atoms with van der Waals surface area (Å²) in [4.78, 5) is 11.1. The Bertz CT molecular complexity index is 516. The van der Waals surface area contributed by atoms with E-state index in [1.807, 2.05) is 19.3 Å². The summed E-state index contributed by atoms with van der Waals surface area (Å²) in [6.07, 6.45) is 6.98. The van der Waals surface area contributed by atoms with Crippen LogP contribution in [0.25, 0.3) is 0 Å². The van der Waals surface area contributed by atoms with Crippen LogP contribution in [-0.4, -0.2) is 42.6 Å². The lowest BCUT2D eigenvalue weighted by atomic mass is 10.00. The summed E-state index contributed by atoms with van der Waals surface area (Å²) < 4.78 is 5.67. The maximum absolute atomic E-state index is 5.67. The molecule has 1 N–H and O–H groups in total. The van der Waals surface area contributed by atoms with Crippen molar-refractivity contribution in [2.75, 3.05) is 26.7 Å². The summed E-state index contributed by atoms with van der Waals surface area (Å²) >= 11 is 0. The molecule has 0 aromatic carbocycles. The van der Waals surface area contributed by atoms with Crippen molar-refractivity contribution >= 4 is 5.96 Å². The molecule has 1 aromatic heterocycles. The van der Waals surface area contributed by atoms with E-state index in [1.165, 1.54) is 25.7 Å². The van der Waals surface area contributed by atoms with Crippen molar-refractivity contribution in [1.82, 2.24) is 15.2 Å². The molecule has 0 spiro atoms. The molecule has 3 rings (SSSR count). The van der Waals surface area contributed by atoms with Gasteiger partial charge in [0, 0.05) is 38.9 Å². The second-order valence-corrected chi connectivity index (χ2v) is 6.83. The van der Waals surface area contributed by atoms with E-state index in [1.54, 1.807) is 0 Å². The Morgan fingerprint density at radius 2 is 2.09 bits per heavy atom. The van der Waals surface area contributed by atoms with E-state index in [4.69, 9.17) is 4.74 Å². The van der Waals surface area contributed by atoms with Crippen molar-refractivity contribution < 1.29 is 4.74 Å². The lowest BCUT2D eigenvalue weighted by Gasteiger charge is -2.32. The SMILES string of the molecule is CN=C(NCc1ccc(OCC2CC2)nc1)N1CCC(C)CC1. The first-order valence-electron chi connectivity index (χ1n) is 8.78. The third kappa shape index (κ3) is 4.85. The van der Waals surface area contributed by atoms with Crippen LogP contribution in [-0.2, 0) is 6.54 Å². The topological polar surface area (TPSA) is 49.8 Å². The molecule has 2 fully saturated rings. The summed E-state index contributed by atoms with van der Waals surface area (Å²) in [5, 5.41) is 3.45. The smallest absolute Gasteiger partial charge is 0.213 e. The van der Waals surface area contributed by atoms with Crippen LogP contribution in [0.2, 0.25) is 0 Å². The standard InChI is InChI=1S/C18H28N4O/c1-14-7-9-22(10-8-14)18(19-2)21-12-16-5-6-17(20-11-16)23-13-15-3-4-15/h5-6,11,14-15H,3-4,7-10,12-13H2,1-2H3,(H,19,21). The molecule has 0 bridgehead atoms. The van der Waals surface area contributed by atoms with Gasteiger partial charge < -0.3 is 15.0 Å². The molecule has 0 atom stereocenters. The highest BCUT2D eigenvalue weighted by Crippen LogP contribution is 2.29. The van der Waals surface area contributed by atoms with Crippen LogP contribution in [0.1, 0.15) is 38.2 Å². The van der Waals surface area contributed by atoms with Crippen LogP contribution < -0.4 is 10.1 Å². The molecule has 23 heavy (non-hydrogen) atoms. The Kier molecular flexibility index (Phi) is 5.36. The van der Waals surface area contributed by atoms with E-state index in [2.05, 4.69) is 33.2 Å². The van der Waals surface area contributed by atoms with Crippen LogP contribution in [0.4, 0.5) is 0 Å². The first kappa shape index (κ1) is 16.1. The molecule has 0 radical (unpaired) electrons. The molecule has 1 aliphatic heterocycles. The Balaban J connectivity index is 1.46. The minimum absolute atomic E-state index is 0.732. The predicted molar refractivity (Wildman–Crippen MR) is 92.6 cm³/mol. The van der Waals surface area contributed by atoms with Crippen molar-refractivity contribution in [1.29, 1.82) is 0 Å². The fourth-order valence-corrected chi connectivity index (χ4v) is 2.82. The normalized spacial score (nSPS) is 19.7. The number of aromatic nitrogens is 1. The third-order valence-electron chi connectivity index (χ3n) is 4.71. The van der Waals surface area contributed by atoms with Crippen molar-refractivity contribution in [2.45, 2.75) is 39.2 Å². The van der Waals surface area contributed by atoms with E-state index < -0.39 is 0 Å². The van der Waals surface area contributed by atoms with Gasteiger partial charge in [0.15, 0.2) is 5.96 Å². The van der Waals surface area contributed by atoms with Crippen LogP contribution in [0.15, 0.2) is 23.3 Å². The second kappa shape index (κ2) is 7.66. The maximum Gasteiger partial charge on any atom is 0.213 e. The highest BCUT2D eigenvalue weighted by Gasteiger charge is 2.22. The average molecular weight is 316 g/mol. The number of hydrogen-bond acceptors (Lipinski definition) is 3. The molecule has 0 amide bonds. The zero-order chi connectivity index (χ0) is 16.1. The van der Waals surface area contributed by atoms with Crippen LogP contribution in [0.5, 0.6) is 5.88 Å². The number of piperidine rings is 1. The molecule has 5 nitrogen and oxygen atoms in total. The van der Waals surface area contributed by atoms with Gasteiger partial charge in [-0.15, -0.1) is 0 Å². The summed E-state index contributed by atoms with van der Waals surface area (Å²) in [5.41, 5.74) is 1.15. The summed E-state index contributed by atoms with van der Waals surface area (Å²) in [7, 11) is 1.85. The highest BCUT2D eigenvalue weighted by atomic mass is 16.5. The Labute approximate surface area is 139 Å². The molecule has 5 heteroatoms. The molecule has 126 valence electrons. The molecule has 1 saturated carbocycles. The predicted octanol–water partition coefficient (Wildman–Crippen LogP) is 2.68. The van der Waals surface area contributed by atoms with E-state index in [-0.39, 0.29) is 0 Å². The van der Waals surface area contributed by atoms with Crippen molar-refractivity contribution in [3.8, 4) is 5.88 Å². The number of pyridine rings is 1. The first-order chi connectivity index (χ1) is 11.2. The van der Waals surface area contributed by atoms with Crippen molar-refractivity contribution in [3.63, 3.8) is 0 Å². The lowest BCUT2D eigenvalue weighted by molar-refractivity contribution is 0.273. The van der Waals surface area contributed by atoms with Gasteiger partial charge in [0.1, 0.15) is 0 Å². The fraction of sp³-hybridized carbons (Fsp3) is 0.667. The maximum atomic E-state index is 5.67.